The Morgan fingerprint density at radius 2 is 1.77 bits per heavy atom. The molecule has 5 heteroatoms. The first-order valence-corrected chi connectivity index (χ1v) is 7.56. The van der Waals surface area contributed by atoms with E-state index in [-0.39, 0.29) is 24.7 Å². The Balaban J connectivity index is 1.79. The number of amides is 1. The van der Waals surface area contributed by atoms with Crippen LogP contribution in [0.3, 0.4) is 0 Å². The topological polar surface area (TPSA) is 67.4 Å². The minimum Gasteiger partial charge on any atom is -0.469 e. The van der Waals surface area contributed by atoms with Gasteiger partial charge in [-0.25, -0.2) is 0 Å². The highest BCUT2D eigenvalue weighted by Crippen LogP contribution is 2.18. The summed E-state index contributed by atoms with van der Waals surface area (Å²) in [6.45, 7) is 0. The predicted molar refractivity (Wildman–Crippen MR) is 84.4 cm³/mol. The lowest BCUT2D eigenvalue weighted by molar-refractivity contribution is -0.142. The molecule has 0 fully saturated rings. The summed E-state index contributed by atoms with van der Waals surface area (Å²) in [6.07, 6.45) is 14.3. The van der Waals surface area contributed by atoms with Crippen molar-refractivity contribution in [1.82, 2.24) is 10.6 Å². The number of rotatable bonds is 6. The quantitative estimate of drug-likeness (QED) is 0.740. The maximum absolute atomic E-state index is 11.7. The molecule has 0 aromatic carbocycles. The molecule has 0 bridgehead atoms. The van der Waals surface area contributed by atoms with E-state index in [4.69, 9.17) is 0 Å². The molecule has 0 aromatic heterocycles. The van der Waals surface area contributed by atoms with Gasteiger partial charge in [-0.3, -0.25) is 9.59 Å². The minimum atomic E-state index is -0.367. The molecular formula is C17H22N2O3. The highest BCUT2D eigenvalue weighted by Gasteiger charge is 2.12. The average molecular weight is 302 g/mol. The van der Waals surface area contributed by atoms with Gasteiger partial charge in [-0.05, 0) is 43.9 Å². The summed E-state index contributed by atoms with van der Waals surface area (Å²) in [5.41, 5.74) is 3.28. The molecule has 2 N–H and O–H groups in total. The maximum Gasteiger partial charge on any atom is 0.306 e. The molecule has 0 radical (unpaired) electrons. The first kappa shape index (κ1) is 16.1. The summed E-state index contributed by atoms with van der Waals surface area (Å²) in [6, 6.07) is 0. The second-order valence-corrected chi connectivity index (χ2v) is 5.29. The molecule has 0 aliphatic heterocycles. The molecule has 118 valence electrons. The Labute approximate surface area is 130 Å². The summed E-state index contributed by atoms with van der Waals surface area (Å²) in [5.74, 6) is -0.518. The summed E-state index contributed by atoms with van der Waals surface area (Å²) in [7, 11) is 1.32. The van der Waals surface area contributed by atoms with Crippen LogP contribution in [0.15, 0.2) is 47.5 Å². The largest absolute Gasteiger partial charge is 0.469 e. The molecule has 5 nitrogen and oxygen atoms in total. The number of methoxy groups -OCH3 is 1. The van der Waals surface area contributed by atoms with Crippen molar-refractivity contribution >= 4 is 11.9 Å². The van der Waals surface area contributed by atoms with Gasteiger partial charge in [-0.1, -0.05) is 12.2 Å². The van der Waals surface area contributed by atoms with E-state index in [9.17, 15) is 9.59 Å². The molecule has 1 amide bonds. The van der Waals surface area contributed by atoms with Crippen molar-refractivity contribution in [2.75, 3.05) is 7.11 Å². The van der Waals surface area contributed by atoms with Crippen LogP contribution in [-0.2, 0) is 14.3 Å². The van der Waals surface area contributed by atoms with Gasteiger partial charge in [-0.2, -0.15) is 0 Å². The highest BCUT2D eigenvalue weighted by atomic mass is 16.5. The summed E-state index contributed by atoms with van der Waals surface area (Å²) in [4.78, 5) is 22.7. The van der Waals surface area contributed by atoms with Crippen molar-refractivity contribution in [3.8, 4) is 0 Å². The summed E-state index contributed by atoms with van der Waals surface area (Å²) in [5, 5.41) is 6.27. The highest BCUT2D eigenvalue weighted by molar-refractivity contribution is 5.82. The van der Waals surface area contributed by atoms with E-state index < -0.39 is 0 Å². The Hall–Kier alpha value is -2.30. The number of hydrogen-bond donors (Lipinski definition) is 2. The summed E-state index contributed by atoms with van der Waals surface area (Å²) >= 11 is 0. The van der Waals surface area contributed by atoms with Crippen LogP contribution >= 0.6 is 0 Å². The van der Waals surface area contributed by atoms with E-state index >= 15 is 0 Å². The fraction of sp³-hybridized carbons (Fsp3) is 0.412. The number of ether oxygens (including phenoxy) is 1. The SMILES string of the molecule is COC(=O)CCC(=O)NC1=CC=C(NC2=CC=CCC2)CC1. The number of esters is 1. The van der Waals surface area contributed by atoms with Gasteiger partial charge in [0.2, 0.25) is 5.91 Å². The minimum absolute atomic E-state index is 0.111. The molecular weight excluding hydrogens is 280 g/mol. The van der Waals surface area contributed by atoms with E-state index in [0.29, 0.717) is 0 Å². The van der Waals surface area contributed by atoms with Crippen LogP contribution in [0.5, 0.6) is 0 Å². The van der Waals surface area contributed by atoms with E-state index in [1.807, 2.05) is 12.2 Å². The van der Waals surface area contributed by atoms with Crippen LogP contribution in [0.1, 0.15) is 38.5 Å². The Morgan fingerprint density at radius 3 is 2.41 bits per heavy atom. The number of allylic oxidation sites excluding steroid dienone is 8. The standard InChI is InChI=1S/C17H22N2O3/c1-22-17(21)12-11-16(20)19-15-9-7-14(8-10-15)18-13-5-3-2-4-6-13/h2-3,5,7,9,18H,4,6,8,10-12H2,1H3,(H,19,20). The average Bonchev–Trinajstić information content (AvgIpc) is 2.55. The van der Waals surface area contributed by atoms with E-state index in [0.717, 1.165) is 37.1 Å². The second-order valence-electron chi connectivity index (χ2n) is 5.29. The fourth-order valence-corrected chi connectivity index (χ4v) is 2.32. The van der Waals surface area contributed by atoms with Crippen molar-refractivity contribution < 1.29 is 14.3 Å². The van der Waals surface area contributed by atoms with Crippen molar-refractivity contribution in [3.05, 3.63) is 47.5 Å². The predicted octanol–water partition coefficient (Wildman–Crippen LogP) is 2.44. The van der Waals surface area contributed by atoms with Crippen LogP contribution < -0.4 is 10.6 Å². The van der Waals surface area contributed by atoms with Crippen molar-refractivity contribution in [2.45, 2.75) is 38.5 Å². The number of carbonyl (C=O) groups is 2. The Bertz CT molecular complexity index is 556. The fourth-order valence-electron chi connectivity index (χ4n) is 2.32. The summed E-state index contributed by atoms with van der Waals surface area (Å²) < 4.78 is 4.52. The number of nitrogens with one attached hydrogen (secondary N) is 2. The van der Waals surface area contributed by atoms with Crippen LogP contribution in [0.25, 0.3) is 0 Å². The molecule has 2 aliphatic carbocycles. The van der Waals surface area contributed by atoms with Gasteiger partial charge < -0.3 is 15.4 Å². The van der Waals surface area contributed by atoms with Gasteiger partial charge in [0.25, 0.3) is 0 Å². The van der Waals surface area contributed by atoms with Gasteiger partial charge in [0.1, 0.15) is 0 Å². The van der Waals surface area contributed by atoms with Gasteiger partial charge in [0, 0.05) is 23.5 Å². The van der Waals surface area contributed by atoms with Crippen LogP contribution in [0.2, 0.25) is 0 Å². The third-order valence-electron chi connectivity index (χ3n) is 3.57. The van der Waals surface area contributed by atoms with Gasteiger partial charge in [0.15, 0.2) is 0 Å². The first-order valence-electron chi connectivity index (χ1n) is 7.56. The van der Waals surface area contributed by atoms with Crippen LogP contribution in [0, 0.1) is 0 Å². The third-order valence-corrected chi connectivity index (χ3v) is 3.57. The zero-order valence-corrected chi connectivity index (χ0v) is 12.9. The third kappa shape index (κ3) is 5.24. The number of carbonyl (C=O) groups excluding carboxylic acids is 2. The van der Waals surface area contributed by atoms with Crippen molar-refractivity contribution in [3.63, 3.8) is 0 Å². The molecule has 2 rings (SSSR count). The van der Waals surface area contributed by atoms with Crippen molar-refractivity contribution in [2.24, 2.45) is 0 Å². The molecule has 0 aromatic rings. The van der Waals surface area contributed by atoms with Crippen molar-refractivity contribution in [1.29, 1.82) is 0 Å². The molecule has 0 heterocycles. The lowest BCUT2D eigenvalue weighted by atomic mass is 10.1. The van der Waals surface area contributed by atoms with Crippen LogP contribution in [-0.4, -0.2) is 19.0 Å². The molecule has 0 saturated heterocycles. The molecule has 0 unspecified atom stereocenters. The molecule has 2 aliphatic rings. The van der Waals surface area contributed by atoms with Gasteiger partial charge in [0.05, 0.1) is 13.5 Å². The lowest BCUT2D eigenvalue weighted by Gasteiger charge is -2.19. The molecule has 22 heavy (non-hydrogen) atoms. The zero-order valence-electron chi connectivity index (χ0n) is 12.9. The van der Waals surface area contributed by atoms with E-state index in [2.05, 4.69) is 33.6 Å². The monoisotopic (exact) mass is 302 g/mol. The lowest BCUT2D eigenvalue weighted by Crippen LogP contribution is -2.25. The first-order chi connectivity index (χ1) is 10.7. The Morgan fingerprint density at radius 1 is 1.05 bits per heavy atom. The van der Waals surface area contributed by atoms with E-state index in [1.54, 1.807) is 0 Å². The van der Waals surface area contributed by atoms with Gasteiger partial charge in [-0.15, -0.1) is 0 Å². The molecule has 0 saturated carbocycles. The zero-order chi connectivity index (χ0) is 15.8. The normalized spacial score (nSPS) is 17.0. The molecule has 0 atom stereocenters. The Kier molecular flexibility index (Phi) is 6.01. The second kappa shape index (κ2) is 8.22. The molecule has 0 spiro atoms. The van der Waals surface area contributed by atoms with Crippen LogP contribution in [0.4, 0.5) is 0 Å². The van der Waals surface area contributed by atoms with E-state index in [1.165, 1.54) is 12.8 Å². The maximum atomic E-state index is 11.7. The smallest absolute Gasteiger partial charge is 0.306 e. The van der Waals surface area contributed by atoms with Gasteiger partial charge >= 0.3 is 5.97 Å². The number of hydrogen-bond acceptors (Lipinski definition) is 4.